The van der Waals surface area contributed by atoms with Crippen LogP contribution in [0, 0.1) is 0 Å². The summed E-state index contributed by atoms with van der Waals surface area (Å²) >= 11 is 5.82. The lowest BCUT2D eigenvalue weighted by Gasteiger charge is -2.33. The number of hydrogen-bond donors (Lipinski definition) is 1. The number of nitrogens with zero attached hydrogens (tertiary/aromatic N) is 2. The van der Waals surface area contributed by atoms with Crippen molar-refractivity contribution in [2.75, 3.05) is 26.7 Å². The number of carbonyl (C=O) groups excluding carboxylic acids is 1. The van der Waals surface area contributed by atoms with E-state index in [9.17, 15) is 9.59 Å². The summed E-state index contributed by atoms with van der Waals surface area (Å²) in [4.78, 5) is 26.3. The highest BCUT2D eigenvalue weighted by Gasteiger charge is 2.30. The Morgan fingerprint density at radius 3 is 2.71 bits per heavy atom. The van der Waals surface area contributed by atoms with Crippen LogP contribution in [0.25, 0.3) is 0 Å². The Morgan fingerprint density at radius 1 is 1.43 bits per heavy atom. The van der Waals surface area contributed by atoms with Crippen LogP contribution in [0.3, 0.4) is 0 Å². The Balaban J connectivity index is 1.95. The smallest absolute Gasteiger partial charge is 0.334 e. The molecule has 0 saturated carbocycles. The molecule has 2 amide bonds. The van der Waals surface area contributed by atoms with Gasteiger partial charge in [0, 0.05) is 25.2 Å². The molecule has 1 N–H and O–H groups in total. The molecule has 2 rings (SSSR count). The van der Waals surface area contributed by atoms with E-state index in [1.54, 1.807) is 24.1 Å². The van der Waals surface area contributed by atoms with Crippen LogP contribution in [-0.4, -0.2) is 59.8 Å². The van der Waals surface area contributed by atoms with Crippen LogP contribution in [0.15, 0.2) is 24.3 Å². The summed E-state index contributed by atoms with van der Waals surface area (Å²) in [7, 11) is 1.68. The molecule has 1 aromatic carbocycles. The molecule has 7 heteroatoms. The summed E-state index contributed by atoms with van der Waals surface area (Å²) in [6.45, 7) is 1.13. The SMILES string of the molecule is CN(Cc1ccc(Cl)cc1)C(=O)N1CCOC(C(=O)O)C1. The molecule has 1 saturated heterocycles. The highest BCUT2D eigenvalue weighted by molar-refractivity contribution is 6.30. The second-order valence-corrected chi connectivity index (χ2v) is 5.35. The van der Waals surface area contributed by atoms with Gasteiger partial charge in [-0.3, -0.25) is 0 Å². The monoisotopic (exact) mass is 312 g/mol. The summed E-state index contributed by atoms with van der Waals surface area (Å²) in [5.41, 5.74) is 0.957. The van der Waals surface area contributed by atoms with Crippen LogP contribution < -0.4 is 0 Å². The van der Waals surface area contributed by atoms with E-state index < -0.39 is 12.1 Å². The van der Waals surface area contributed by atoms with Gasteiger partial charge in [-0.2, -0.15) is 0 Å². The maximum absolute atomic E-state index is 12.3. The van der Waals surface area contributed by atoms with Crippen molar-refractivity contribution in [1.29, 1.82) is 0 Å². The lowest BCUT2D eigenvalue weighted by Crippen LogP contribution is -2.51. The van der Waals surface area contributed by atoms with Gasteiger partial charge >= 0.3 is 12.0 Å². The third-order valence-corrected chi connectivity index (χ3v) is 3.52. The van der Waals surface area contributed by atoms with Gasteiger partial charge in [0.05, 0.1) is 13.2 Å². The van der Waals surface area contributed by atoms with Crippen LogP contribution in [0.4, 0.5) is 4.79 Å². The van der Waals surface area contributed by atoms with Crippen molar-refractivity contribution in [2.45, 2.75) is 12.6 Å². The number of morpholine rings is 1. The molecular weight excluding hydrogens is 296 g/mol. The Morgan fingerprint density at radius 2 is 2.10 bits per heavy atom. The summed E-state index contributed by atoms with van der Waals surface area (Å²) in [5, 5.41) is 9.59. The predicted octanol–water partition coefficient (Wildman–Crippen LogP) is 1.68. The van der Waals surface area contributed by atoms with Crippen molar-refractivity contribution >= 4 is 23.6 Å². The largest absolute Gasteiger partial charge is 0.479 e. The molecule has 0 bridgehead atoms. The van der Waals surface area contributed by atoms with Gasteiger partial charge in [0.1, 0.15) is 0 Å². The molecule has 0 aliphatic carbocycles. The lowest BCUT2D eigenvalue weighted by molar-refractivity contribution is -0.154. The molecule has 1 aliphatic heterocycles. The minimum absolute atomic E-state index is 0.0686. The van der Waals surface area contributed by atoms with E-state index in [-0.39, 0.29) is 19.2 Å². The summed E-state index contributed by atoms with van der Waals surface area (Å²) < 4.78 is 5.10. The number of urea groups is 1. The average Bonchev–Trinajstić information content (AvgIpc) is 2.49. The van der Waals surface area contributed by atoms with Crippen LogP contribution in [0.2, 0.25) is 5.02 Å². The number of halogens is 1. The fraction of sp³-hybridized carbons (Fsp3) is 0.429. The fourth-order valence-electron chi connectivity index (χ4n) is 2.15. The van der Waals surface area contributed by atoms with Crippen molar-refractivity contribution in [3.05, 3.63) is 34.9 Å². The molecule has 0 spiro atoms. The van der Waals surface area contributed by atoms with E-state index in [1.807, 2.05) is 12.1 Å². The van der Waals surface area contributed by atoms with Crippen LogP contribution in [0.5, 0.6) is 0 Å². The number of carboxylic acids is 1. The van der Waals surface area contributed by atoms with Gasteiger partial charge in [0.2, 0.25) is 0 Å². The Bertz CT molecular complexity index is 520. The van der Waals surface area contributed by atoms with Gasteiger partial charge in [0.15, 0.2) is 6.10 Å². The summed E-state index contributed by atoms with van der Waals surface area (Å²) in [6.07, 6.45) is -0.952. The third-order valence-electron chi connectivity index (χ3n) is 3.27. The standard InChI is InChI=1S/C14H17ClN2O4/c1-16(8-10-2-4-11(15)5-3-10)14(20)17-6-7-21-12(9-17)13(18)19/h2-5,12H,6-9H2,1H3,(H,18,19). The number of carbonyl (C=O) groups is 2. The predicted molar refractivity (Wildman–Crippen MR) is 77.3 cm³/mol. The molecule has 1 unspecified atom stereocenters. The maximum Gasteiger partial charge on any atom is 0.334 e. The Kier molecular flexibility index (Phi) is 5.03. The number of rotatable bonds is 3. The zero-order valence-electron chi connectivity index (χ0n) is 11.7. The fourth-order valence-corrected chi connectivity index (χ4v) is 2.27. The first kappa shape index (κ1) is 15.6. The number of carboxylic acid groups (broad SMARTS) is 1. The first-order chi connectivity index (χ1) is 9.97. The molecule has 1 heterocycles. The zero-order valence-corrected chi connectivity index (χ0v) is 12.4. The number of aliphatic carboxylic acids is 1. The Hall–Kier alpha value is -1.79. The van der Waals surface area contributed by atoms with Crippen LogP contribution in [-0.2, 0) is 16.1 Å². The van der Waals surface area contributed by atoms with E-state index in [0.717, 1.165) is 5.56 Å². The second kappa shape index (κ2) is 6.78. The molecule has 1 atom stereocenters. The highest BCUT2D eigenvalue weighted by Crippen LogP contribution is 2.13. The molecule has 0 aromatic heterocycles. The van der Waals surface area contributed by atoms with E-state index in [1.165, 1.54) is 4.90 Å². The van der Waals surface area contributed by atoms with Gasteiger partial charge < -0.3 is 19.6 Å². The molecule has 1 aromatic rings. The van der Waals surface area contributed by atoms with Gasteiger partial charge in [-0.25, -0.2) is 9.59 Å². The summed E-state index contributed by atoms with van der Waals surface area (Å²) in [6, 6.07) is 7.03. The Labute approximate surface area is 127 Å². The minimum Gasteiger partial charge on any atom is -0.479 e. The van der Waals surface area contributed by atoms with Crippen molar-refractivity contribution in [3.8, 4) is 0 Å². The highest BCUT2D eigenvalue weighted by atomic mass is 35.5. The topological polar surface area (TPSA) is 70.1 Å². The molecule has 21 heavy (non-hydrogen) atoms. The first-order valence-corrected chi connectivity index (χ1v) is 6.94. The quantitative estimate of drug-likeness (QED) is 0.922. The van der Waals surface area contributed by atoms with E-state index in [4.69, 9.17) is 21.4 Å². The molecular formula is C14H17ClN2O4. The molecule has 1 aliphatic rings. The number of ether oxygens (including phenoxy) is 1. The lowest BCUT2D eigenvalue weighted by atomic mass is 10.2. The van der Waals surface area contributed by atoms with Gasteiger partial charge in [-0.1, -0.05) is 23.7 Å². The van der Waals surface area contributed by atoms with E-state index in [2.05, 4.69) is 0 Å². The van der Waals surface area contributed by atoms with Gasteiger partial charge in [-0.05, 0) is 17.7 Å². The van der Waals surface area contributed by atoms with E-state index >= 15 is 0 Å². The number of hydrogen-bond acceptors (Lipinski definition) is 3. The maximum atomic E-state index is 12.3. The molecule has 1 fully saturated rings. The summed E-state index contributed by atoms with van der Waals surface area (Å²) in [5.74, 6) is -1.05. The van der Waals surface area contributed by atoms with Gasteiger partial charge in [0.25, 0.3) is 0 Å². The van der Waals surface area contributed by atoms with Crippen molar-refractivity contribution in [3.63, 3.8) is 0 Å². The van der Waals surface area contributed by atoms with Crippen LogP contribution >= 0.6 is 11.6 Å². The third kappa shape index (κ3) is 4.09. The molecule has 0 radical (unpaired) electrons. The van der Waals surface area contributed by atoms with Crippen molar-refractivity contribution < 1.29 is 19.4 Å². The molecule has 6 nitrogen and oxygen atoms in total. The zero-order chi connectivity index (χ0) is 15.4. The molecule has 114 valence electrons. The van der Waals surface area contributed by atoms with Crippen molar-refractivity contribution in [2.24, 2.45) is 0 Å². The van der Waals surface area contributed by atoms with Gasteiger partial charge in [-0.15, -0.1) is 0 Å². The second-order valence-electron chi connectivity index (χ2n) is 4.91. The van der Waals surface area contributed by atoms with E-state index in [0.29, 0.717) is 18.1 Å². The number of benzene rings is 1. The van der Waals surface area contributed by atoms with Crippen LogP contribution in [0.1, 0.15) is 5.56 Å². The average molecular weight is 313 g/mol. The minimum atomic E-state index is -1.05. The number of amides is 2. The first-order valence-electron chi connectivity index (χ1n) is 6.56. The normalized spacial score (nSPS) is 18.4. The van der Waals surface area contributed by atoms with Crippen molar-refractivity contribution in [1.82, 2.24) is 9.80 Å².